The van der Waals surface area contributed by atoms with Gasteiger partial charge in [0.25, 0.3) is 0 Å². The van der Waals surface area contributed by atoms with Crippen LogP contribution in [0, 0.1) is 11.7 Å². The van der Waals surface area contributed by atoms with Gasteiger partial charge in [0.2, 0.25) is 5.91 Å². The van der Waals surface area contributed by atoms with Crippen molar-refractivity contribution in [3.05, 3.63) is 34.6 Å². The topological polar surface area (TPSA) is 46.6 Å². The fraction of sp³-hybridized carbons (Fsp3) is 0.529. The first-order valence-corrected chi connectivity index (χ1v) is 8.20. The van der Waals surface area contributed by atoms with Gasteiger partial charge < -0.3 is 9.64 Å². The highest BCUT2D eigenvalue weighted by molar-refractivity contribution is 6.31. The van der Waals surface area contributed by atoms with Crippen LogP contribution in [-0.2, 0) is 20.7 Å². The largest absolute Gasteiger partial charge is 0.466 e. The Morgan fingerprint density at radius 2 is 2.13 bits per heavy atom. The molecule has 0 N–H and O–H groups in total. The average molecular weight is 342 g/mol. The van der Waals surface area contributed by atoms with Crippen LogP contribution in [0.25, 0.3) is 0 Å². The molecule has 1 amide bonds. The molecule has 1 aromatic carbocycles. The van der Waals surface area contributed by atoms with Crippen LogP contribution >= 0.6 is 11.6 Å². The van der Waals surface area contributed by atoms with Crippen LogP contribution in [0.4, 0.5) is 4.39 Å². The Labute approximate surface area is 140 Å². The van der Waals surface area contributed by atoms with Crippen molar-refractivity contribution in [3.63, 3.8) is 0 Å². The molecule has 0 unspecified atom stereocenters. The number of benzene rings is 1. The van der Waals surface area contributed by atoms with Crippen molar-refractivity contribution in [1.82, 2.24) is 4.90 Å². The van der Waals surface area contributed by atoms with E-state index in [-0.39, 0.29) is 35.3 Å². The third kappa shape index (κ3) is 4.44. The van der Waals surface area contributed by atoms with Gasteiger partial charge in [-0.3, -0.25) is 9.59 Å². The van der Waals surface area contributed by atoms with Crippen LogP contribution in [-0.4, -0.2) is 36.0 Å². The zero-order valence-electron chi connectivity index (χ0n) is 13.4. The minimum atomic E-state index is -0.431. The lowest BCUT2D eigenvalue weighted by molar-refractivity contribution is -0.152. The number of esters is 1. The molecule has 0 spiro atoms. The Morgan fingerprint density at radius 1 is 1.39 bits per heavy atom. The van der Waals surface area contributed by atoms with Crippen molar-refractivity contribution < 1.29 is 18.7 Å². The molecule has 1 aliphatic rings. The predicted octanol–water partition coefficient (Wildman–Crippen LogP) is 3.21. The quantitative estimate of drug-likeness (QED) is 0.790. The van der Waals surface area contributed by atoms with Crippen molar-refractivity contribution in [1.29, 1.82) is 0 Å². The fourth-order valence-corrected chi connectivity index (χ4v) is 3.07. The van der Waals surface area contributed by atoms with E-state index in [4.69, 9.17) is 16.3 Å². The molecule has 6 heteroatoms. The monoisotopic (exact) mass is 341 g/mol. The zero-order valence-corrected chi connectivity index (χ0v) is 14.1. The summed E-state index contributed by atoms with van der Waals surface area (Å²) >= 11 is 5.98. The van der Waals surface area contributed by atoms with Crippen molar-refractivity contribution in [2.24, 2.45) is 5.92 Å². The fourth-order valence-electron chi connectivity index (χ4n) is 2.84. The van der Waals surface area contributed by atoms with E-state index in [0.29, 0.717) is 18.7 Å². The van der Waals surface area contributed by atoms with E-state index in [1.807, 2.05) is 6.92 Å². The van der Waals surface area contributed by atoms with Gasteiger partial charge in [-0.05, 0) is 44.4 Å². The number of ether oxygens (including phenoxy) is 1. The minimum Gasteiger partial charge on any atom is -0.466 e. The smallest absolute Gasteiger partial charge is 0.310 e. The summed E-state index contributed by atoms with van der Waals surface area (Å²) in [6.07, 6.45) is 1.58. The molecule has 1 aliphatic heterocycles. The molecule has 23 heavy (non-hydrogen) atoms. The normalized spacial score (nSPS) is 21.1. The number of carbonyl (C=O) groups excluding carboxylic acids is 2. The Morgan fingerprint density at radius 3 is 2.78 bits per heavy atom. The first kappa shape index (κ1) is 17.7. The molecule has 0 bridgehead atoms. The number of likely N-dealkylation sites (tertiary alicyclic amines) is 1. The Hall–Kier alpha value is -1.62. The van der Waals surface area contributed by atoms with E-state index in [9.17, 15) is 14.0 Å². The lowest BCUT2D eigenvalue weighted by atomic mass is 9.93. The molecule has 1 fully saturated rings. The maximum absolute atomic E-state index is 13.1. The van der Waals surface area contributed by atoms with Crippen molar-refractivity contribution in [2.45, 2.75) is 39.2 Å². The molecule has 2 atom stereocenters. The van der Waals surface area contributed by atoms with Crippen LogP contribution in [0.15, 0.2) is 18.2 Å². The number of hydrogen-bond donors (Lipinski definition) is 0. The SMILES string of the molecule is CCOC(=O)[C@@H]1CC[C@H](C)N(C(=O)Cc2ccc(F)cc2Cl)C1. The molecule has 0 aliphatic carbocycles. The van der Waals surface area contributed by atoms with Gasteiger partial charge in [0.1, 0.15) is 5.82 Å². The number of hydrogen-bond acceptors (Lipinski definition) is 3. The third-order valence-corrected chi connectivity index (χ3v) is 4.53. The highest BCUT2D eigenvalue weighted by atomic mass is 35.5. The van der Waals surface area contributed by atoms with Crippen molar-refractivity contribution >= 4 is 23.5 Å². The summed E-state index contributed by atoms with van der Waals surface area (Å²) in [7, 11) is 0. The van der Waals surface area contributed by atoms with E-state index in [2.05, 4.69) is 0 Å². The lowest BCUT2D eigenvalue weighted by Crippen LogP contribution is -2.48. The van der Waals surface area contributed by atoms with Gasteiger partial charge in [0, 0.05) is 17.6 Å². The predicted molar refractivity (Wildman–Crippen MR) is 85.6 cm³/mol. The molecule has 0 saturated carbocycles. The number of amides is 1. The number of piperidine rings is 1. The number of rotatable bonds is 4. The molecular formula is C17H21ClFNO3. The van der Waals surface area contributed by atoms with Gasteiger partial charge in [-0.15, -0.1) is 0 Å². The van der Waals surface area contributed by atoms with Gasteiger partial charge in [0.05, 0.1) is 18.9 Å². The van der Waals surface area contributed by atoms with Gasteiger partial charge in [-0.1, -0.05) is 17.7 Å². The summed E-state index contributed by atoms with van der Waals surface area (Å²) in [6.45, 7) is 4.43. The summed E-state index contributed by atoms with van der Waals surface area (Å²) < 4.78 is 18.1. The molecular weight excluding hydrogens is 321 g/mol. The summed E-state index contributed by atoms with van der Waals surface area (Å²) in [5.74, 6) is -1.07. The highest BCUT2D eigenvalue weighted by Crippen LogP contribution is 2.25. The van der Waals surface area contributed by atoms with Gasteiger partial charge in [-0.25, -0.2) is 4.39 Å². The van der Waals surface area contributed by atoms with Crippen LogP contribution in [0.5, 0.6) is 0 Å². The summed E-state index contributed by atoms with van der Waals surface area (Å²) in [5.41, 5.74) is 0.587. The zero-order chi connectivity index (χ0) is 17.0. The maximum atomic E-state index is 13.1. The Bertz CT molecular complexity index is 593. The molecule has 2 rings (SSSR count). The third-order valence-electron chi connectivity index (χ3n) is 4.18. The van der Waals surface area contributed by atoms with Gasteiger partial charge in [0.15, 0.2) is 0 Å². The van der Waals surface area contributed by atoms with Gasteiger partial charge >= 0.3 is 5.97 Å². The van der Waals surface area contributed by atoms with E-state index >= 15 is 0 Å². The minimum absolute atomic E-state index is 0.0624. The van der Waals surface area contributed by atoms with E-state index < -0.39 is 5.82 Å². The second-order valence-corrected chi connectivity index (χ2v) is 6.24. The molecule has 1 aromatic rings. The average Bonchev–Trinajstić information content (AvgIpc) is 2.50. The number of nitrogens with zero attached hydrogens (tertiary/aromatic N) is 1. The maximum Gasteiger partial charge on any atom is 0.310 e. The summed E-state index contributed by atoms with van der Waals surface area (Å²) in [5, 5.41) is 0.241. The summed E-state index contributed by atoms with van der Waals surface area (Å²) in [4.78, 5) is 26.2. The van der Waals surface area contributed by atoms with E-state index in [1.165, 1.54) is 18.2 Å². The van der Waals surface area contributed by atoms with Crippen LogP contribution in [0.1, 0.15) is 32.3 Å². The first-order valence-electron chi connectivity index (χ1n) is 7.82. The lowest BCUT2D eigenvalue weighted by Gasteiger charge is -2.37. The highest BCUT2D eigenvalue weighted by Gasteiger charge is 2.33. The Kier molecular flexibility index (Phi) is 5.99. The number of halogens is 2. The van der Waals surface area contributed by atoms with Crippen molar-refractivity contribution in [2.75, 3.05) is 13.2 Å². The molecule has 0 radical (unpaired) electrons. The molecule has 1 heterocycles. The second kappa shape index (κ2) is 7.77. The van der Waals surface area contributed by atoms with Crippen LogP contribution in [0.2, 0.25) is 5.02 Å². The van der Waals surface area contributed by atoms with E-state index in [0.717, 1.165) is 12.8 Å². The van der Waals surface area contributed by atoms with Crippen molar-refractivity contribution in [3.8, 4) is 0 Å². The molecule has 1 saturated heterocycles. The van der Waals surface area contributed by atoms with Crippen LogP contribution < -0.4 is 0 Å². The molecule has 4 nitrogen and oxygen atoms in total. The molecule has 0 aromatic heterocycles. The second-order valence-electron chi connectivity index (χ2n) is 5.83. The summed E-state index contributed by atoms with van der Waals surface area (Å²) in [6, 6.07) is 4.07. The van der Waals surface area contributed by atoms with E-state index in [1.54, 1.807) is 11.8 Å². The first-order chi connectivity index (χ1) is 10.9. The molecule has 126 valence electrons. The van der Waals surface area contributed by atoms with Gasteiger partial charge in [-0.2, -0.15) is 0 Å². The number of carbonyl (C=O) groups is 2. The standard InChI is InChI=1S/C17H21ClFNO3/c1-3-23-17(22)13-5-4-11(2)20(10-13)16(21)8-12-6-7-14(19)9-15(12)18/h6-7,9,11,13H,3-5,8,10H2,1-2H3/t11-,13+/m0/s1. The Balaban J connectivity index is 2.05. The van der Waals surface area contributed by atoms with Crippen LogP contribution in [0.3, 0.4) is 0 Å².